The summed E-state index contributed by atoms with van der Waals surface area (Å²) >= 11 is 0. The summed E-state index contributed by atoms with van der Waals surface area (Å²) < 4.78 is 6.86. The number of carbonyl (C=O) groups is 2. The number of nitrogens with zero attached hydrogens (tertiary/aromatic N) is 3. The first-order chi connectivity index (χ1) is 9.70. The summed E-state index contributed by atoms with van der Waals surface area (Å²) in [5, 5.41) is 4.08. The first-order valence-electron chi connectivity index (χ1n) is 6.22. The molecule has 0 saturated heterocycles. The fourth-order valence-electron chi connectivity index (χ4n) is 2.26. The van der Waals surface area contributed by atoms with Crippen LogP contribution >= 0.6 is 0 Å². The van der Waals surface area contributed by atoms with Gasteiger partial charge in [0.15, 0.2) is 0 Å². The first-order valence-corrected chi connectivity index (χ1v) is 6.22. The zero-order valence-electron chi connectivity index (χ0n) is 10.9. The number of rotatable bonds is 4. The topological polar surface area (TPSA) is 64.4 Å². The fourth-order valence-corrected chi connectivity index (χ4v) is 2.26. The van der Waals surface area contributed by atoms with Crippen LogP contribution < -0.4 is 9.64 Å². The molecule has 1 aromatic heterocycles. The molecular weight excluding hydrogens is 258 g/mol. The second kappa shape index (κ2) is 4.80. The summed E-state index contributed by atoms with van der Waals surface area (Å²) in [7, 11) is 1.55. The lowest BCUT2D eigenvalue weighted by atomic mass is 10.1. The van der Waals surface area contributed by atoms with Gasteiger partial charge in [-0.05, 0) is 18.2 Å². The van der Waals surface area contributed by atoms with E-state index in [0.29, 0.717) is 30.1 Å². The highest BCUT2D eigenvalue weighted by atomic mass is 16.5. The quantitative estimate of drug-likeness (QED) is 0.782. The number of amides is 1. The molecule has 102 valence electrons. The molecule has 2 aromatic rings. The molecule has 2 heterocycles. The summed E-state index contributed by atoms with van der Waals surface area (Å²) in [6.45, 7) is 0.926. The van der Waals surface area contributed by atoms with Gasteiger partial charge in [0.25, 0.3) is 11.7 Å². The van der Waals surface area contributed by atoms with E-state index in [0.717, 1.165) is 0 Å². The molecular formula is C14H13N3O3. The fraction of sp³-hybridized carbons (Fsp3) is 0.214. The number of Topliss-reactive ketones (excluding diaryl/α,β-unsaturated/α-hetero) is 1. The summed E-state index contributed by atoms with van der Waals surface area (Å²) in [4.78, 5) is 25.4. The number of aromatic nitrogens is 2. The van der Waals surface area contributed by atoms with Crippen LogP contribution in [0.3, 0.4) is 0 Å². The van der Waals surface area contributed by atoms with E-state index in [-0.39, 0.29) is 0 Å². The van der Waals surface area contributed by atoms with E-state index in [2.05, 4.69) is 5.10 Å². The lowest BCUT2D eigenvalue weighted by Gasteiger charge is -2.16. The number of ketones is 1. The molecule has 0 N–H and O–H groups in total. The van der Waals surface area contributed by atoms with Crippen molar-refractivity contribution in [2.24, 2.45) is 0 Å². The Morgan fingerprint density at radius 1 is 1.25 bits per heavy atom. The monoisotopic (exact) mass is 271 g/mol. The van der Waals surface area contributed by atoms with Crippen LogP contribution in [-0.4, -0.2) is 35.1 Å². The van der Waals surface area contributed by atoms with Crippen LogP contribution in [0.25, 0.3) is 0 Å². The van der Waals surface area contributed by atoms with E-state index in [9.17, 15) is 9.59 Å². The molecule has 6 nitrogen and oxygen atoms in total. The summed E-state index contributed by atoms with van der Waals surface area (Å²) in [6, 6.07) is 6.83. The lowest BCUT2D eigenvalue weighted by Crippen LogP contribution is -2.32. The Balaban J connectivity index is 1.88. The molecule has 0 radical (unpaired) electrons. The van der Waals surface area contributed by atoms with Crippen molar-refractivity contribution in [3.8, 4) is 5.75 Å². The third-order valence-corrected chi connectivity index (χ3v) is 3.29. The van der Waals surface area contributed by atoms with Gasteiger partial charge in [0.1, 0.15) is 5.75 Å². The van der Waals surface area contributed by atoms with Crippen molar-refractivity contribution >= 4 is 17.4 Å². The zero-order valence-corrected chi connectivity index (χ0v) is 10.9. The molecule has 1 aliphatic heterocycles. The van der Waals surface area contributed by atoms with Crippen LogP contribution in [-0.2, 0) is 11.3 Å². The third-order valence-electron chi connectivity index (χ3n) is 3.29. The molecule has 6 heteroatoms. The SMILES string of the molecule is COc1ccc2c(c1)N(CCn1cccn1)C(=O)C2=O. The maximum absolute atomic E-state index is 12.0. The Bertz CT molecular complexity index is 664. The van der Waals surface area contributed by atoms with Crippen molar-refractivity contribution < 1.29 is 14.3 Å². The molecule has 0 fully saturated rings. The number of hydrogen-bond acceptors (Lipinski definition) is 4. The minimum absolute atomic E-state index is 0.395. The van der Waals surface area contributed by atoms with Gasteiger partial charge in [0.2, 0.25) is 0 Å². The van der Waals surface area contributed by atoms with Crippen molar-refractivity contribution in [3.63, 3.8) is 0 Å². The molecule has 0 saturated carbocycles. The minimum atomic E-state index is -0.500. The van der Waals surface area contributed by atoms with Gasteiger partial charge in [0, 0.05) is 25.0 Å². The van der Waals surface area contributed by atoms with Crippen molar-refractivity contribution in [3.05, 3.63) is 42.2 Å². The van der Waals surface area contributed by atoms with Crippen LogP contribution in [0.4, 0.5) is 5.69 Å². The van der Waals surface area contributed by atoms with Gasteiger partial charge in [-0.25, -0.2) is 0 Å². The van der Waals surface area contributed by atoms with Gasteiger partial charge >= 0.3 is 0 Å². The largest absolute Gasteiger partial charge is 0.497 e. The highest BCUT2D eigenvalue weighted by Gasteiger charge is 2.35. The summed E-state index contributed by atoms with van der Waals surface area (Å²) in [5.41, 5.74) is 1.03. The molecule has 0 spiro atoms. The molecule has 0 atom stereocenters. The molecule has 1 amide bonds. The van der Waals surface area contributed by atoms with E-state index < -0.39 is 11.7 Å². The highest BCUT2D eigenvalue weighted by molar-refractivity contribution is 6.52. The Labute approximate surface area is 115 Å². The van der Waals surface area contributed by atoms with Crippen LogP contribution in [0.15, 0.2) is 36.7 Å². The van der Waals surface area contributed by atoms with E-state index in [1.165, 1.54) is 4.90 Å². The lowest BCUT2D eigenvalue weighted by molar-refractivity contribution is -0.114. The summed E-state index contributed by atoms with van der Waals surface area (Å²) in [6.07, 6.45) is 3.49. The average molecular weight is 271 g/mol. The first kappa shape index (κ1) is 12.4. The maximum Gasteiger partial charge on any atom is 0.299 e. The standard InChI is InChI=1S/C14H13N3O3/c1-20-10-3-4-11-12(9-10)17(14(19)13(11)18)8-7-16-6-2-5-15-16/h2-6,9H,7-8H2,1H3. The second-order valence-corrected chi connectivity index (χ2v) is 4.44. The Morgan fingerprint density at radius 2 is 2.10 bits per heavy atom. The van der Waals surface area contributed by atoms with E-state index in [1.54, 1.807) is 36.2 Å². The van der Waals surface area contributed by atoms with E-state index in [1.807, 2.05) is 12.3 Å². The predicted molar refractivity (Wildman–Crippen MR) is 71.9 cm³/mol. The highest BCUT2D eigenvalue weighted by Crippen LogP contribution is 2.32. The van der Waals surface area contributed by atoms with Crippen molar-refractivity contribution in [2.45, 2.75) is 6.54 Å². The molecule has 1 aliphatic rings. The van der Waals surface area contributed by atoms with Gasteiger partial charge in [-0.15, -0.1) is 0 Å². The van der Waals surface area contributed by atoms with Crippen LogP contribution in [0.1, 0.15) is 10.4 Å². The van der Waals surface area contributed by atoms with Crippen LogP contribution in [0, 0.1) is 0 Å². The van der Waals surface area contributed by atoms with Crippen molar-refractivity contribution in [1.82, 2.24) is 9.78 Å². The van der Waals surface area contributed by atoms with Gasteiger partial charge in [-0.1, -0.05) is 0 Å². The minimum Gasteiger partial charge on any atom is -0.497 e. The second-order valence-electron chi connectivity index (χ2n) is 4.44. The van der Waals surface area contributed by atoms with Crippen molar-refractivity contribution in [2.75, 3.05) is 18.6 Å². The maximum atomic E-state index is 12.0. The normalized spacial score (nSPS) is 13.8. The van der Waals surface area contributed by atoms with Gasteiger partial charge in [-0.3, -0.25) is 14.3 Å². The smallest absolute Gasteiger partial charge is 0.299 e. The third kappa shape index (κ3) is 1.95. The molecule has 20 heavy (non-hydrogen) atoms. The van der Waals surface area contributed by atoms with E-state index >= 15 is 0 Å². The summed E-state index contributed by atoms with van der Waals surface area (Å²) in [5.74, 6) is -0.348. The Morgan fingerprint density at radius 3 is 2.80 bits per heavy atom. The number of ether oxygens (including phenoxy) is 1. The number of benzene rings is 1. The van der Waals surface area contributed by atoms with Gasteiger partial charge in [-0.2, -0.15) is 5.10 Å². The average Bonchev–Trinajstić information content (AvgIpc) is 3.06. The van der Waals surface area contributed by atoms with Gasteiger partial charge in [0.05, 0.1) is 24.9 Å². The number of methoxy groups -OCH3 is 1. The molecule has 0 unspecified atom stereocenters. The van der Waals surface area contributed by atoms with E-state index in [4.69, 9.17) is 4.74 Å². The molecule has 1 aromatic carbocycles. The number of hydrogen-bond donors (Lipinski definition) is 0. The number of carbonyl (C=O) groups excluding carboxylic acids is 2. The van der Waals surface area contributed by atoms with Crippen LogP contribution in [0.2, 0.25) is 0 Å². The van der Waals surface area contributed by atoms with Gasteiger partial charge < -0.3 is 9.64 Å². The van der Waals surface area contributed by atoms with Crippen LogP contribution in [0.5, 0.6) is 5.75 Å². The molecule has 3 rings (SSSR count). The Hall–Kier alpha value is -2.63. The number of fused-ring (bicyclic) bond motifs is 1. The predicted octanol–water partition coefficient (Wildman–Crippen LogP) is 1.12. The zero-order chi connectivity index (χ0) is 14.1. The van der Waals surface area contributed by atoms with Crippen molar-refractivity contribution in [1.29, 1.82) is 0 Å². The Kier molecular flexibility index (Phi) is 2.98. The number of anilines is 1. The molecule has 0 aliphatic carbocycles. The molecule has 0 bridgehead atoms.